The first-order valence-electron chi connectivity index (χ1n) is 4.80. The Morgan fingerprint density at radius 2 is 1.89 bits per heavy atom. The summed E-state index contributed by atoms with van der Waals surface area (Å²) < 4.78 is 49.8. The van der Waals surface area contributed by atoms with Crippen molar-refractivity contribution in [3.8, 4) is 0 Å². The number of alkyl halides is 3. The van der Waals surface area contributed by atoms with Crippen LogP contribution < -0.4 is 10.5 Å². The molecule has 1 aliphatic heterocycles. The zero-order valence-corrected chi connectivity index (χ0v) is 10.00. The molecule has 5 nitrogen and oxygen atoms in total. The number of hydrogen-bond donors (Lipinski definition) is 1. The van der Waals surface area contributed by atoms with Gasteiger partial charge in [0, 0.05) is 11.2 Å². The Kier molecular flexibility index (Phi) is 3.37. The molecule has 0 aromatic heterocycles. The summed E-state index contributed by atoms with van der Waals surface area (Å²) in [6.07, 6.45) is -3.42. The molecular formula is C9H9F3N4OS. The third-order valence-electron chi connectivity index (χ3n) is 2.12. The number of hydrazine groups is 2. The Hall–Kier alpha value is -1.45. The number of hydrogen-bond acceptors (Lipinski definition) is 5. The molecule has 0 radical (unpaired) electrons. The molecule has 1 N–H and O–H groups in total. The van der Waals surface area contributed by atoms with Crippen LogP contribution in [-0.4, -0.2) is 27.4 Å². The van der Waals surface area contributed by atoms with Gasteiger partial charge in [-0.15, -0.1) is 0 Å². The molecule has 1 aliphatic rings. The number of benzene rings is 1. The number of nitrogens with one attached hydrogen (secondary N) is 1. The van der Waals surface area contributed by atoms with E-state index in [0.717, 1.165) is 5.01 Å². The van der Waals surface area contributed by atoms with Gasteiger partial charge in [-0.1, -0.05) is 23.3 Å². The maximum Gasteiger partial charge on any atom is 0.498 e. The van der Waals surface area contributed by atoms with Crippen molar-refractivity contribution in [2.75, 3.05) is 11.3 Å². The quantitative estimate of drug-likeness (QED) is 0.623. The maximum absolute atomic E-state index is 12.8. The summed E-state index contributed by atoms with van der Waals surface area (Å²) in [6.45, 7) is 0. The highest BCUT2D eigenvalue weighted by atomic mass is 32.2. The average Bonchev–Trinajstić information content (AvgIpc) is 2.74. The van der Waals surface area contributed by atoms with E-state index in [0.29, 0.717) is 0 Å². The zero-order chi connectivity index (χ0) is 13.3. The van der Waals surface area contributed by atoms with E-state index in [1.165, 1.54) is 18.4 Å². The van der Waals surface area contributed by atoms with Crippen LogP contribution >= 0.6 is 0 Å². The van der Waals surface area contributed by atoms with Crippen molar-refractivity contribution in [2.24, 2.45) is 5.10 Å². The molecule has 1 atom stereocenters. The number of hydrazone groups is 1. The topological polar surface area (TPSA) is 53.9 Å². The van der Waals surface area contributed by atoms with Gasteiger partial charge < -0.3 is 4.55 Å². The summed E-state index contributed by atoms with van der Waals surface area (Å²) in [5, 5.41) is 3.84. The van der Waals surface area contributed by atoms with E-state index in [9.17, 15) is 17.7 Å². The normalized spacial score (nSPS) is 18.5. The van der Waals surface area contributed by atoms with Crippen molar-refractivity contribution in [1.29, 1.82) is 0 Å². The Balaban J connectivity index is 2.39. The number of amidine groups is 1. The van der Waals surface area contributed by atoms with Crippen LogP contribution in [0.4, 0.5) is 18.9 Å². The molecule has 9 heteroatoms. The van der Waals surface area contributed by atoms with E-state index in [2.05, 4.69) is 5.10 Å². The van der Waals surface area contributed by atoms with Crippen molar-refractivity contribution in [2.45, 2.75) is 6.30 Å². The van der Waals surface area contributed by atoms with Crippen molar-refractivity contribution in [3.63, 3.8) is 0 Å². The van der Waals surface area contributed by atoms with Crippen LogP contribution in [0.5, 0.6) is 0 Å². The van der Waals surface area contributed by atoms with Crippen LogP contribution in [0, 0.1) is 0 Å². The highest BCUT2D eigenvalue weighted by Crippen LogP contribution is 2.29. The lowest BCUT2D eigenvalue weighted by Gasteiger charge is -2.28. The number of halogens is 3. The molecule has 0 fully saturated rings. The molecule has 1 aromatic carbocycles. The smallest absolute Gasteiger partial charge is 0.498 e. The van der Waals surface area contributed by atoms with Crippen LogP contribution in [0.2, 0.25) is 0 Å². The molecular weight excluding hydrogens is 269 g/mol. The Bertz CT molecular complexity index is 451. The van der Waals surface area contributed by atoms with Crippen molar-refractivity contribution in [1.82, 2.24) is 10.7 Å². The second-order valence-electron chi connectivity index (χ2n) is 3.38. The molecule has 0 saturated carbocycles. The highest BCUT2D eigenvalue weighted by Gasteiger charge is 2.49. The molecule has 0 saturated heterocycles. The largest absolute Gasteiger partial charge is 0.609 e. The minimum absolute atomic E-state index is 0.126. The second-order valence-corrected chi connectivity index (χ2v) is 4.65. The van der Waals surface area contributed by atoms with Gasteiger partial charge in [-0.3, -0.25) is 0 Å². The molecule has 0 aliphatic carbocycles. The fourth-order valence-electron chi connectivity index (χ4n) is 1.42. The van der Waals surface area contributed by atoms with E-state index in [1.807, 2.05) is 0 Å². The van der Waals surface area contributed by atoms with Gasteiger partial charge in [0.2, 0.25) is 0 Å². The van der Waals surface area contributed by atoms with Gasteiger partial charge in [0.15, 0.2) is 0 Å². The molecule has 0 spiro atoms. The predicted molar refractivity (Wildman–Crippen MR) is 61.5 cm³/mol. The van der Waals surface area contributed by atoms with Gasteiger partial charge >= 0.3 is 11.5 Å². The maximum atomic E-state index is 12.8. The minimum Gasteiger partial charge on any atom is -0.609 e. The number of para-hydroxylation sites is 1. The predicted octanol–water partition coefficient (Wildman–Crippen LogP) is 1.40. The summed E-state index contributed by atoms with van der Waals surface area (Å²) in [4.78, 5) is 0. The lowest BCUT2D eigenvalue weighted by Crippen LogP contribution is -2.54. The molecule has 1 heterocycles. The third-order valence-corrected chi connectivity index (χ3v) is 2.90. The van der Waals surface area contributed by atoms with Gasteiger partial charge in [0.25, 0.3) is 0 Å². The van der Waals surface area contributed by atoms with Crippen LogP contribution in [-0.2, 0) is 11.2 Å². The summed E-state index contributed by atoms with van der Waals surface area (Å²) >= 11 is -1.66. The van der Waals surface area contributed by atoms with Gasteiger partial charge in [0.1, 0.15) is 6.26 Å². The first kappa shape index (κ1) is 13.0. The molecule has 0 bridgehead atoms. The molecule has 1 unspecified atom stereocenters. The first-order chi connectivity index (χ1) is 8.41. The first-order valence-corrected chi connectivity index (χ1v) is 6.36. The van der Waals surface area contributed by atoms with E-state index in [-0.39, 0.29) is 16.0 Å². The zero-order valence-electron chi connectivity index (χ0n) is 9.18. The average molecular weight is 278 g/mol. The van der Waals surface area contributed by atoms with Gasteiger partial charge in [-0.2, -0.15) is 18.2 Å². The van der Waals surface area contributed by atoms with Gasteiger partial charge in [-0.05, 0) is 17.3 Å². The van der Waals surface area contributed by atoms with Crippen molar-refractivity contribution in [3.05, 3.63) is 30.3 Å². The van der Waals surface area contributed by atoms with Crippen LogP contribution in [0.25, 0.3) is 0 Å². The monoisotopic (exact) mass is 278 g/mol. The van der Waals surface area contributed by atoms with E-state index in [4.69, 9.17) is 0 Å². The molecule has 2 rings (SSSR count). The summed E-state index contributed by atoms with van der Waals surface area (Å²) in [5.74, 6) is 0. The molecule has 18 heavy (non-hydrogen) atoms. The standard InChI is InChI=1S/C9H9F3N4OS/c1-18(17)8-13-14-16(9(10,11)12)15(8)7-5-3-2-4-6-7/h2-6,14H,1H3. The summed E-state index contributed by atoms with van der Waals surface area (Å²) in [5.41, 5.74) is 2.02. The fourth-order valence-corrected chi connectivity index (χ4v) is 2.02. The van der Waals surface area contributed by atoms with E-state index < -0.39 is 17.5 Å². The number of nitrogens with zero attached hydrogens (tertiary/aromatic N) is 3. The van der Waals surface area contributed by atoms with Crippen LogP contribution in [0.15, 0.2) is 35.4 Å². The second kappa shape index (κ2) is 4.67. The van der Waals surface area contributed by atoms with Gasteiger partial charge in [0.05, 0.1) is 5.69 Å². The minimum atomic E-state index is -4.68. The van der Waals surface area contributed by atoms with Crippen molar-refractivity contribution >= 4 is 22.0 Å². The Labute approximate surface area is 104 Å². The van der Waals surface area contributed by atoms with Crippen LogP contribution in [0.1, 0.15) is 0 Å². The number of rotatable bonds is 1. The highest BCUT2D eigenvalue weighted by molar-refractivity contribution is 8.06. The fraction of sp³-hybridized carbons (Fsp3) is 0.222. The molecule has 1 aromatic rings. The lowest BCUT2D eigenvalue weighted by molar-refractivity contribution is -0.259. The molecule has 98 valence electrons. The van der Waals surface area contributed by atoms with Crippen molar-refractivity contribution < 1.29 is 17.7 Å². The van der Waals surface area contributed by atoms with Crippen LogP contribution in [0.3, 0.4) is 0 Å². The molecule has 0 amide bonds. The summed E-state index contributed by atoms with van der Waals surface area (Å²) in [7, 11) is 0. The lowest BCUT2D eigenvalue weighted by atomic mass is 10.3. The summed E-state index contributed by atoms with van der Waals surface area (Å²) in [6, 6.07) is 7.77. The SMILES string of the molecule is C[S+]([O-])C1=NNN(C(F)(F)F)N1c1ccccc1. The third kappa shape index (κ3) is 2.37. The Morgan fingerprint density at radius 1 is 1.28 bits per heavy atom. The van der Waals surface area contributed by atoms with Gasteiger partial charge in [-0.25, -0.2) is 5.53 Å². The van der Waals surface area contributed by atoms with E-state index >= 15 is 0 Å². The number of anilines is 1. The Morgan fingerprint density at radius 3 is 2.39 bits per heavy atom. The van der Waals surface area contributed by atoms with E-state index in [1.54, 1.807) is 23.7 Å².